The van der Waals surface area contributed by atoms with Gasteiger partial charge in [-0.05, 0) is 111 Å². The van der Waals surface area contributed by atoms with Gasteiger partial charge in [-0.3, -0.25) is 0 Å². The topological polar surface area (TPSA) is 78.3 Å². The Morgan fingerprint density at radius 1 is 0.800 bits per heavy atom. The van der Waals surface area contributed by atoms with Crippen LogP contribution in [0.3, 0.4) is 0 Å². The van der Waals surface area contributed by atoms with E-state index >= 15 is 0 Å². The fraction of sp³-hybridized carbons (Fsp3) is 0.500. The van der Waals surface area contributed by atoms with Gasteiger partial charge in [0.05, 0.1) is 5.56 Å². The molecule has 160 valence electrons. The van der Waals surface area contributed by atoms with Gasteiger partial charge in [0.25, 0.3) is 0 Å². The van der Waals surface area contributed by atoms with Gasteiger partial charge in [0.2, 0.25) is 0 Å². The minimum absolute atomic E-state index is 0.0827. The van der Waals surface area contributed by atoms with E-state index in [0.29, 0.717) is 5.56 Å². The van der Waals surface area contributed by atoms with Crippen LogP contribution in [-0.2, 0) is 11.2 Å². The lowest BCUT2D eigenvalue weighted by Gasteiger charge is -2.37. The molecule has 0 unspecified atom stereocenters. The van der Waals surface area contributed by atoms with Crippen LogP contribution in [0.5, 0.6) is 0 Å². The van der Waals surface area contributed by atoms with Crippen LogP contribution in [-0.4, -0.2) is 12.1 Å². The molecule has 4 rings (SSSR count). The molecule has 2 saturated carbocycles. The fourth-order valence-corrected chi connectivity index (χ4v) is 5.53. The van der Waals surface area contributed by atoms with E-state index in [4.69, 9.17) is 16.2 Å². The number of nitrogens with two attached hydrogens (primary N) is 2. The third-order valence-corrected chi connectivity index (χ3v) is 7.12. The zero-order chi connectivity index (χ0) is 20.9. The second-order valence-corrected chi connectivity index (χ2v) is 9.30. The van der Waals surface area contributed by atoms with Crippen molar-refractivity contribution in [2.45, 2.75) is 63.9 Å². The number of hydrogen-bond acceptors (Lipinski definition) is 4. The van der Waals surface area contributed by atoms with E-state index in [0.717, 1.165) is 48.4 Å². The Morgan fingerprint density at radius 2 is 1.37 bits per heavy atom. The number of rotatable bonds is 5. The predicted molar refractivity (Wildman–Crippen MR) is 122 cm³/mol. The van der Waals surface area contributed by atoms with E-state index in [1.807, 2.05) is 36.4 Å². The van der Waals surface area contributed by atoms with E-state index in [-0.39, 0.29) is 12.1 Å². The van der Waals surface area contributed by atoms with Crippen LogP contribution >= 0.6 is 0 Å². The monoisotopic (exact) mass is 406 g/mol. The smallest absolute Gasteiger partial charge is 0.338 e. The van der Waals surface area contributed by atoms with Crippen molar-refractivity contribution in [1.29, 1.82) is 0 Å². The summed E-state index contributed by atoms with van der Waals surface area (Å²) in [5, 5.41) is 0. The Hall–Kier alpha value is -2.49. The van der Waals surface area contributed by atoms with Crippen molar-refractivity contribution in [3.63, 3.8) is 0 Å². The highest BCUT2D eigenvalue weighted by molar-refractivity contribution is 5.89. The molecule has 0 spiro atoms. The first-order valence-corrected chi connectivity index (χ1v) is 11.5. The van der Waals surface area contributed by atoms with Gasteiger partial charge in [0.15, 0.2) is 0 Å². The molecule has 0 aliphatic heterocycles. The van der Waals surface area contributed by atoms with Crippen molar-refractivity contribution < 1.29 is 9.53 Å². The van der Waals surface area contributed by atoms with Crippen molar-refractivity contribution in [2.24, 2.45) is 17.8 Å². The molecular formula is C26H34N2O2. The second-order valence-electron chi connectivity index (χ2n) is 9.30. The van der Waals surface area contributed by atoms with Crippen LogP contribution in [0.25, 0.3) is 0 Å². The van der Waals surface area contributed by atoms with Gasteiger partial charge >= 0.3 is 5.97 Å². The van der Waals surface area contributed by atoms with E-state index in [1.54, 1.807) is 0 Å². The lowest BCUT2D eigenvalue weighted by molar-refractivity contribution is 0.0110. The van der Waals surface area contributed by atoms with E-state index in [1.165, 1.54) is 44.1 Å². The maximum absolute atomic E-state index is 12.3. The van der Waals surface area contributed by atoms with E-state index in [2.05, 4.69) is 12.1 Å². The Morgan fingerprint density at radius 3 is 1.97 bits per heavy atom. The van der Waals surface area contributed by atoms with Crippen LogP contribution in [0.4, 0.5) is 11.4 Å². The average molecular weight is 407 g/mol. The highest BCUT2D eigenvalue weighted by Crippen LogP contribution is 2.41. The molecule has 0 heterocycles. The summed E-state index contributed by atoms with van der Waals surface area (Å²) in [6.45, 7) is 0. The minimum atomic E-state index is -0.179. The van der Waals surface area contributed by atoms with Gasteiger partial charge in [-0.1, -0.05) is 18.2 Å². The fourth-order valence-electron chi connectivity index (χ4n) is 5.53. The van der Waals surface area contributed by atoms with Gasteiger partial charge < -0.3 is 16.2 Å². The molecule has 2 aromatic carbocycles. The Kier molecular flexibility index (Phi) is 6.61. The lowest BCUT2D eigenvalue weighted by Crippen LogP contribution is -2.30. The maximum Gasteiger partial charge on any atom is 0.338 e. The first-order chi connectivity index (χ1) is 14.6. The maximum atomic E-state index is 12.3. The zero-order valence-electron chi connectivity index (χ0n) is 17.8. The minimum Gasteiger partial charge on any atom is -0.459 e. The number of anilines is 2. The lowest BCUT2D eigenvalue weighted by atomic mass is 9.70. The summed E-state index contributed by atoms with van der Waals surface area (Å²) in [4.78, 5) is 12.3. The molecule has 2 aliphatic rings. The van der Waals surface area contributed by atoms with Crippen LogP contribution in [0.1, 0.15) is 67.3 Å². The Balaban J connectivity index is 1.20. The quantitative estimate of drug-likeness (QED) is 0.499. The summed E-state index contributed by atoms with van der Waals surface area (Å²) in [6.07, 6.45) is 10.8. The largest absolute Gasteiger partial charge is 0.459 e. The van der Waals surface area contributed by atoms with Crippen molar-refractivity contribution in [2.75, 3.05) is 11.5 Å². The standard InChI is InChI=1S/C26H34N2O2/c27-23-15-19(16-24(28)17-23)14-18-6-8-20(9-7-18)21-10-12-25(13-11-21)30-26(29)22-4-2-1-3-5-22/h1-5,15-18,20-21,25H,6-14,27-28H2. The van der Waals surface area contributed by atoms with Crippen LogP contribution < -0.4 is 11.5 Å². The molecule has 0 atom stereocenters. The average Bonchev–Trinajstić information content (AvgIpc) is 2.75. The van der Waals surface area contributed by atoms with Gasteiger partial charge in [-0.15, -0.1) is 0 Å². The zero-order valence-corrected chi connectivity index (χ0v) is 17.8. The summed E-state index contributed by atoms with van der Waals surface area (Å²) in [5.41, 5.74) is 15.4. The summed E-state index contributed by atoms with van der Waals surface area (Å²) in [5.74, 6) is 2.19. The Bertz CT molecular complexity index is 815. The molecule has 0 radical (unpaired) electrons. The molecule has 0 amide bonds. The van der Waals surface area contributed by atoms with Crippen molar-refractivity contribution in [3.8, 4) is 0 Å². The second kappa shape index (κ2) is 9.55. The molecule has 4 nitrogen and oxygen atoms in total. The third-order valence-electron chi connectivity index (χ3n) is 7.12. The number of nitrogen functional groups attached to an aromatic ring is 2. The number of carbonyl (C=O) groups excluding carboxylic acids is 1. The molecular weight excluding hydrogens is 372 g/mol. The van der Waals surface area contributed by atoms with E-state index < -0.39 is 0 Å². The molecule has 2 aliphatic carbocycles. The summed E-state index contributed by atoms with van der Waals surface area (Å²) >= 11 is 0. The third kappa shape index (κ3) is 5.35. The summed E-state index contributed by atoms with van der Waals surface area (Å²) < 4.78 is 5.76. The number of benzene rings is 2. The van der Waals surface area contributed by atoms with Crippen LogP contribution in [0, 0.1) is 17.8 Å². The van der Waals surface area contributed by atoms with Crippen molar-refractivity contribution >= 4 is 17.3 Å². The first-order valence-electron chi connectivity index (χ1n) is 11.5. The highest BCUT2D eigenvalue weighted by atomic mass is 16.5. The number of hydrogen-bond donors (Lipinski definition) is 2. The SMILES string of the molecule is Nc1cc(N)cc(CC2CCC(C3CCC(OC(=O)c4ccccc4)CC3)CC2)c1. The van der Waals surface area contributed by atoms with Crippen molar-refractivity contribution in [3.05, 3.63) is 59.7 Å². The van der Waals surface area contributed by atoms with E-state index in [9.17, 15) is 4.79 Å². The number of carbonyl (C=O) groups is 1. The van der Waals surface area contributed by atoms with Gasteiger partial charge in [0.1, 0.15) is 6.10 Å². The first kappa shape index (κ1) is 20.8. The molecule has 0 bridgehead atoms. The number of ether oxygens (including phenoxy) is 1. The van der Waals surface area contributed by atoms with Crippen molar-refractivity contribution in [1.82, 2.24) is 0 Å². The molecule has 0 saturated heterocycles. The van der Waals surface area contributed by atoms with Crippen LogP contribution in [0.2, 0.25) is 0 Å². The normalized spacial score (nSPS) is 26.8. The van der Waals surface area contributed by atoms with Gasteiger partial charge in [-0.2, -0.15) is 0 Å². The predicted octanol–water partition coefficient (Wildman–Crippen LogP) is 5.62. The Labute approximate surface area is 180 Å². The summed E-state index contributed by atoms with van der Waals surface area (Å²) in [6, 6.07) is 15.3. The van der Waals surface area contributed by atoms with Gasteiger partial charge in [-0.25, -0.2) is 4.79 Å². The molecule has 4 heteroatoms. The summed E-state index contributed by atoms with van der Waals surface area (Å²) in [7, 11) is 0. The molecule has 0 aromatic heterocycles. The van der Waals surface area contributed by atoms with Gasteiger partial charge in [0, 0.05) is 11.4 Å². The number of esters is 1. The highest BCUT2D eigenvalue weighted by Gasteiger charge is 2.32. The molecule has 4 N–H and O–H groups in total. The molecule has 2 aromatic rings. The van der Waals surface area contributed by atoms with Crippen LogP contribution in [0.15, 0.2) is 48.5 Å². The molecule has 30 heavy (non-hydrogen) atoms. The molecule has 2 fully saturated rings.